The summed E-state index contributed by atoms with van der Waals surface area (Å²) in [5.41, 5.74) is 1.12. The number of carbonyl (C=O) groups is 1. The molecule has 0 aliphatic heterocycles. The van der Waals surface area contributed by atoms with Crippen LogP contribution >= 0.6 is 11.6 Å². The van der Waals surface area contributed by atoms with Crippen molar-refractivity contribution >= 4 is 34.8 Å². The molecule has 0 fully saturated rings. The van der Waals surface area contributed by atoms with Gasteiger partial charge in [-0.1, -0.05) is 11.6 Å². The summed E-state index contributed by atoms with van der Waals surface area (Å²) in [6, 6.07) is 6.58. The second-order valence-corrected chi connectivity index (χ2v) is 5.23. The molecule has 6 nitrogen and oxygen atoms in total. The summed E-state index contributed by atoms with van der Waals surface area (Å²) >= 11 is 3.62. The summed E-state index contributed by atoms with van der Waals surface area (Å²) in [4.78, 5) is 10.9. The molecule has 1 aromatic heterocycles. The molecule has 1 aromatic carbocycles. The van der Waals surface area contributed by atoms with Crippen molar-refractivity contribution in [2.75, 3.05) is 4.72 Å². The number of halogens is 1. The van der Waals surface area contributed by atoms with E-state index in [1.54, 1.807) is 18.4 Å². The molecule has 0 aliphatic carbocycles. The third-order valence-electron chi connectivity index (χ3n) is 2.69. The van der Waals surface area contributed by atoms with Crippen LogP contribution in [0.15, 0.2) is 34.9 Å². The maximum Gasteiger partial charge on any atom is 0.150 e. The van der Waals surface area contributed by atoms with Crippen LogP contribution in [0.4, 0.5) is 5.69 Å². The highest BCUT2D eigenvalue weighted by atomic mass is 35.5. The Morgan fingerprint density at radius 3 is 2.81 bits per heavy atom. The molecule has 112 valence electrons. The number of hydrogen-bond donors (Lipinski definition) is 2. The molecule has 21 heavy (non-hydrogen) atoms. The first-order chi connectivity index (χ1) is 10.1. The van der Waals surface area contributed by atoms with Crippen molar-refractivity contribution in [3.8, 4) is 0 Å². The Morgan fingerprint density at radius 1 is 1.38 bits per heavy atom. The third kappa shape index (κ3) is 4.40. The van der Waals surface area contributed by atoms with Crippen molar-refractivity contribution < 1.29 is 18.0 Å². The average molecular weight is 328 g/mol. The lowest BCUT2D eigenvalue weighted by molar-refractivity contribution is 0.112. The van der Waals surface area contributed by atoms with Crippen LogP contribution in [0.1, 0.15) is 21.7 Å². The molecule has 1 heterocycles. The van der Waals surface area contributed by atoms with E-state index in [1.807, 2.05) is 6.07 Å². The number of furan rings is 1. The van der Waals surface area contributed by atoms with Crippen LogP contribution in [0.25, 0.3) is 0 Å². The zero-order valence-corrected chi connectivity index (χ0v) is 12.4. The zero-order valence-electron chi connectivity index (χ0n) is 10.8. The minimum absolute atomic E-state index is 0.171. The first kappa shape index (κ1) is 15.7. The zero-order chi connectivity index (χ0) is 15.2. The Kier molecular flexibility index (Phi) is 5.51. The Balaban J connectivity index is 2.13. The highest BCUT2D eigenvalue weighted by Gasteiger charge is 2.09. The van der Waals surface area contributed by atoms with Gasteiger partial charge < -0.3 is 19.0 Å². The number of nitrogens with one attached hydrogen (secondary N) is 2. The fourth-order valence-corrected chi connectivity index (χ4v) is 2.42. The van der Waals surface area contributed by atoms with Gasteiger partial charge in [-0.25, -0.2) is 0 Å². The summed E-state index contributed by atoms with van der Waals surface area (Å²) in [6.07, 6.45) is 2.20. The van der Waals surface area contributed by atoms with E-state index in [-0.39, 0.29) is 10.7 Å². The molecule has 0 aliphatic rings. The Morgan fingerprint density at radius 2 is 2.19 bits per heavy atom. The van der Waals surface area contributed by atoms with Gasteiger partial charge in [-0.15, -0.1) is 0 Å². The minimum atomic E-state index is -2.51. The van der Waals surface area contributed by atoms with Gasteiger partial charge in [0.1, 0.15) is 12.0 Å². The van der Waals surface area contributed by atoms with Gasteiger partial charge in [-0.3, -0.25) is 9.00 Å². The molecule has 2 N–H and O–H groups in total. The molecule has 0 radical (unpaired) electrons. The van der Waals surface area contributed by atoms with Gasteiger partial charge in [-0.05, 0) is 29.8 Å². The van der Waals surface area contributed by atoms with Crippen molar-refractivity contribution in [2.24, 2.45) is 0 Å². The number of carbonyl (C=O) groups excluding carboxylic acids is 1. The van der Waals surface area contributed by atoms with Crippen LogP contribution in [0, 0.1) is 0 Å². The normalized spacial score (nSPS) is 12.1. The van der Waals surface area contributed by atoms with Crippen molar-refractivity contribution in [1.29, 1.82) is 0 Å². The molecule has 2 aromatic rings. The molecule has 2 rings (SSSR count). The predicted octanol–water partition coefficient (Wildman–Crippen LogP) is 2.24. The number of rotatable bonds is 7. The summed E-state index contributed by atoms with van der Waals surface area (Å²) < 4.78 is 28.8. The van der Waals surface area contributed by atoms with Crippen molar-refractivity contribution in [3.05, 3.63) is 52.4 Å². The smallest absolute Gasteiger partial charge is 0.150 e. The van der Waals surface area contributed by atoms with Crippen molar-refractivity contribution in [2.45, 2.75) is 13.1 Å². The van der Waals surface area contributed by atoms with Crippen LogP contribution in [0.3, 0.4) is 0 Å². The summed E-state index contributed by atoms with van der Waals surface area (Å²) in [6.45, 7) is 0.853. The fourth-order valence-electron chi connectivity index (χ4n) is 1.80. The molecular weight excluding hydrogens is 316 g/mol. The lowest BCUT2D eigenvalue weighted by atomic mass is 10.1. The van der Waals surface area contributed by atoms with Crippen molar-refractivity contribution in [3.63, 3.8) is 0 Å². The van der Waals surface area contributed by atoms with Crippen molar-refractivity contribution in [1.82, 2.24) is 5.32 Å². The van der Waals surface area contributed by atoms with Crippen LogP contribution in [-0.2, 0) is 24.4 Å². The topological polar surface area (TPSA) is 94.4 Å². The Bertz CT molecular complexity index is 646. The van der Waals surface area contributed by atoms with Gasteiger partial charge in [0, 0.05) is 23.4 Å². The first-order valence-corrected chi connectivity index (χ1v) is 7.42. The highest BCUT2D eigenvalue weighted by molar-refractivity contribution is 7.80. The van der Waals surface area contributed by atoms with Gasteiger partial charge in [0.25, 0.3) is 0 Å². The van der Waals surface area contributed by atoms with Gasteiger partial charge in [0.15, 0.2) is 0 Å². The molecule has 0 saturated carbocycles. The number of aldehydes is 1. The van der Waals surface area contributed by atoms with E-state index < -0.39 is 11.3 Å². The Hall–Kier alpha value is -1.67. The second-order valence-electron chi connectivity index (χ2n) is 4.18. The molecular formula is C13H12ClN2O4S-. The maximum absolute atomic E-state index is 10.9. The van der Waals surface area contributed by atoms with Crippen LogP contribution in [-0.4, -0.2) is 15.0 Å². The lowest BCUT2D eigenvalue weighted by Crippen LogP contribution is -2.13. The molecule has 0 amide bonds. The number of benzene rings is 1. The molecule has 0 saturated heterocycles. The lowest BCUT2D eigenvalue weighted by Gasteiger charge is -2.14. The van der Waals surface area contributed by atoms with E-state index in [2.05, 4.69) is 10.0 Å². The standard InChI is InChI=1S/C13H13ClN2O4S/c14-13-10(6-15-7-11-2-1-3-20-11)4-9(8-17)5-12(13)16-21(18)19/h1-5,8,15-16H,6-7H2,(H,18,19)/p-1. The van der Waals surface area contributed by atoms with Gasteiger partial charge in [0.2, 0.25) is 0 Å². The largest absolute Gasteiger partial charge is 0.755 e. The summed E-state index contributed by atoms with van der Waals surface area (Å²) in [5, 5.41) is 3.35. The Labute approximate surface area is 128 Å². The van der Waals surface area contributed by atoms with Gasteiger partial charge >= 0.3 is 0 Å². The predicted molar refractivity (Wildman–Crippen MR) is 78.6 cm³/mol. The second kappa shape index (κ2) is 7.37. The van der Waals surface area contributed by atoms with E-state index in [0.717, 1.165) is 5.76 Å². The number of hydrogen-bond acceptors (Lipinski definition) is 5. The van der Waals surface area contributed by atoms with E-state index in [0.29, 0.717) is 30.5 Å². The summed E-state index contributed by atoms with van der Waals surface area (Å²) in [7, 11) is 0. The van der Waals surface area contributed by atoms with E-state index in [4.69, 9.17) is 16.0 Å². The van der Waals surface area contributed by atoms with E-state index in [9.17, 15) is 13.6 Å². The van der Waals surface area contributed by atoms with E-state index in [1.165, 1.54) is 6.07 Å². The van der Waals surface area contributed by atoms with Gasteiger partial charge in [-0.2, -0.15) is 0 Å². The van der Waals surface area contributed by atoms with Crippen LogP contribution < -0.4 is 10.0 Å². The molecule has 0 bridgehead atoms. The summed E-state index contributed by atoms with van der Waals surface area (Å²) in [5.74, 6) is 0.761. The van der Waals surface area contributed by atoms with E-state index >= 15 is 0 Å². The minimum Gasteiger partial charge on any atom is -0.755 e. The third-order valence-corrected chi connectivity index (χ3v) is 3.53. The number of anilines is 1. The molecule has 1 unspecified atom stereocenters. The molecule has 8 heteroatoms. The first-order valence-electron chi connectivity index (χ1n) is 5.96. The van der Waals surface area contributed by atoms with Crippen LogP contribution in [0.5, 0.6) is 0 Å². The quantitative estimate of drug-likeness (QED) is 0.600. The molecule has 0 spiro atoms. The monoisotopic (exact) mass is 327 g/mol. The van der Waals surface area contributed by atoms with Crippen LogP contribution in [0.2, 0.25) is 5.02 Å². The fraction of sp³-hybridized carbons (Fsp3) is 0.154. The average Bonchev–Trinajstić information content (AvgIpc) is 2.95. The highest BCUT2D eigenvalue weighted by Crippen LogP contribution is 2.28. The SMILES string of the molecule is O=Cc1cc(CNCc2ccco2)c(Cl)c(NS(=O)[O-])c1. The van der Waals surface area contributed by atoms with Gasteiger partial charge in [0.05, 0.1) is 23.5 Å². The molecule has 1 atom stereocenters. The maximum atomic E-state index is 10.9.